The van der Waals surface area contributed by atoms with Crippen LogP contribution < -0.4 is 5.73 Å². The Labute approximate surface area is 146 Å². The van der Waals surface area contributed by atoms with E-state index in [-0.39, 0.29) is 17.8 Å². The first-order valence-corrected chi connectivity index (χ1v) is 8.50. The third-order valence-corrected chi connectivity index (χ3v) is 4.66. The second-order valence-corrected chi connectivity index (χ2v) is 6.47. The zero-order chi connectivity index (χ0) is 18.0. The van der Waals surface area contributed by atoms with Crippen LogP contribution in [0, 0.1) is 19.7 Å². The van der Waals surface area contributed by atoms with E-state index in [1.807, 2.05) is 24.8 Å². The number of nitrogens with two attached hydrogens (primary N) is 1. The fraction of sp³-hybridized carbons (Fsp3) is 0.368. The zero-order valence-electron chi connectivity index (χ0n) is 14.6. The Morgan fingerprint density at radius 1 is 1.24 bits per heavy atom. The van der Waals surface area contributed by atoms with E-state index in [1.54, 1.807) is 22.9 Å². The molecule has 2 heterocycles. The predicted octanol–water partition coefficient (Wildman–Crippen LogP) is 2.59. The molecule has 0 bridgehead atoms. The van der Waals surface area contributed by atoms with Crippen LogP contribution in [0.2, 0.25) is 0 Å². The number of aryl methyl sites for hydroxylation is 1. The highest BCUT2D eigenvalue weighted by atomic mass is 19.1. The maximum Gasteiger partial charge on any atom is 0.246 e. The summed E-state index contributed by atoms with van der Waals surface area (Å²) < 4.78 is 14.9. The van der Waals surface area contributed by atoms with Crippen LogP contribution in [-0.4, -0.2) is 39.7 Å². The highest BCUT2D eigenvalue weighted by molar-refractivity contribution is 5.92. The van der Waals surface area contributed by atoms with E-state index in [4.69, 9.17) is 5.73 Å². The molecule has 25 heavy (non-hydrogen) atoms. The van der Waals surface area contributed by atoms with Crippen LogP contribution in [-0.2, 0) is 4.79 Å². The topological polar surface area (TPSA) is 64.2 Å². The third-order valence-electron chi connectivity index (χ3n) is 4.66. The molecule has 0 saturated carbocycles. The summed E-state index contributed by atoms with van der Waals surface area (Å²) >= 11 is 0. The molecule has 0 radical (unpaired) electrons. The molecule has 6 heteroatoms. The van der Waals surface area contributed by atoms with E-state index in [0.29, 0.717) is 13.1 Å². The summed E-state index contributed by atoms with van der Waals surface area (Å²) in [6.45, 7) is 5.25. The first kappa shape index (κ1) is 17.4. The van der Waals surface area contributed by atoms with Crippen LogP contribution in [0.1, 0.15) is 29.8 Å². The lowest BCUT2D eigenvalue weighted by molar-refractivity contribution is -0.126. The molecule has 0 aliphatic carbocycles. The molecular formula is C19H23FN4O. The Hall–Kier alpha value is -2.47. The van der Waals surface area contributed by atoms with Crippen molar-refractivity contribution >= 4 is 12.0 Å². The number of hydrogen-bond acceptors (Lipinski definition) is 3. The van der Waals surface area contributed by atoms with Crippen LogP contribution >= 0.6 is 0 Å². The van der Waals surface area contributed by atoms with E-state index in [9.17, 15) is 9.18 Å². The molecule has 1 saturated heterocycles. The van der Waals surface area contributed by atoms with E-state index in [0.717, 1.165) is 35.5 Å². The van der Waals surface area contributed by atoms with E-state index in [2.05, 4.69) is 5.10 Å². The molecule has 1 aromatic heterocycles. The van der Waals surface area contributed by atoms with Crippen molar-refractivity contribution in [3.63, 3.8) is 0 Å². The molecule has 3 rings (SSSR count). The van der Waals surface area contributed by atoms with Gasteiger partial charge in [0.05, 0.1) is 11.4 Å². The monoisotopic (exact) mass is 342 g/mol. The number of carbonyl (C=O) groups is 1. The number of aromatic nitrogens is 2. The number of rotatable bonds is 3. The number of nitrogens with zero attached hydrogens (tertiary/aromatic N) is 3. The highest BCUT2D eigenvalue weighted by Gasteiger charge is 2.19. The fourth-order valence-corrected chi connectivity index (χ4v) is 3.11. The van der Waals surface area contributed by atoms with Crippen LogP contribution in [0.15, 0.2) is 30.3 Å². The summed E-state index contributed by atoms with van der Waals surface area (Å²) in [6, 6.07) is 6.39. The van der Waals surface area contributed by atoms with Gasteiger partial charge in [0.1, 0.15) is 5.82 Å². The molecule has 0 unspecified atom stereocenters. The normalized spacial score (nSPS) is 15.9. The van der Waals surface area contributed by atoms with Gasteiger partial charge < -0.3 is 10.6 Å². The Morgan fingerprint density at radius 2 is 1.88 bits per heavy atom. The first-order valence-electron chi connectivity index (χ1n) is 8.50. The smallest absolute Gasteiger partial charge is 0.246 e. The predicted molar refractivity (Wildman–Crippen MR) is 95.8 cm³/mol. The van der Waals surface area contributed by atoms with Crippen molar-refractivity contribution in [3.8, 4) is 5.69 Å². The summed E-state index contributed by atoms with van der Waals surface area (Å²) in [5, 5.41) is 4.51. The average Bonchev–Trinajstić information content (AvgIpc) is 2.88. The summed E-state index contributed by atoms with van der Waals surface area (Å²) in [6.07, 6.45) is 5.11. The molecule has 2 aromatic rings. The van der Waals surface area contributed by atoms with E-state index >= 15 is 0 Å². The summed E-state index contributed by atoms with van der Waals surface area (Å²) in [4.78, 5) is 14.2. The lowest BCUT2D eigenvalue weighted by Gasteiger charge is -2.29. The molecule has 1 fully saturated rings. The lowest BCUT2D eigenvalue weighted by Crippen LogP contribution is -2.42. The van der Waals surface area contributed by atoms with Gasteiger partial charge in [0.15, 0.2) is 0 Å². The van der Waals surface area contributed by atoms with Gasteiger partial charge in [-0.1, -0.05) is 0 Å². The number of carbonyl (C=O) groups excluding carboxylic acids is 1. The average molecular weight is 342 g/mol. The number of piperidine rings is 1. The second-order valence-electron chi connectivity index (χ2n) is 6.47. The molecule has 1 amide bonds. The van der Waals surface area contributed by atoms with Crippen molar-refractivity contribution in [2.75, 3.05) is 13.1 Å². The van der Waals surface area contributed by atoms with E-state index in [1.165, 1.54) is 12.1 Å². The van der Waals surface area contributed by atoms with Gasteiger partial charge in [0.25, 0.3) is 0 Å². The fourth-order valence-electron chi connectivity index (χ4n) is 3.11. The van der Waals surface area contributed by atoms with Gasteiger partial charge in [-0.3, -0.25) is 4.79 Å². The molecule has 1 aliphatic rings. The van der Waals surface area contributed by atoms with Crippen molar-refractivity contribution in [2.45, 2.75) is 32.7 Å². The van der Waals surface area contributed by atoms with Crippen LogP contribution in [0.4, 0.5) is 4.39 Å². The van der Waals surface area contributed by atoms with Crippen molar-refractivity contribution in [2.24, 2.45) is 5.73 Å². The Balaban J connectivity index is 1.79. The third kappa shape index (κ3) is 3.79. The van der Waals surface area contributed by atoms with Crippen LogP contribution in [0.5, 0.6) is 0 Å². The molecule has 2 N–H and O–H groups in total. The number of likely N-dealkylation sites (tertiary alicyclic amines) is 1. The number of amides is 1. The minimum Gasteiger partial charge on any atom is -0.339 e. The van der Waals surface area contributed by atoms with E-state index < -0.39 is 0 Å². The maximum absolute atomic E-state index is 13.1. The minimum absolute atomic E-state index is 0.000215. The molecular weight excluding hydrogens is 319 g/mol. The standard InChI is InChI=1S/C19H23FN4O/c1-13-18(7-8-19(25)23-11-9-16(21)10-12-23)14(2)24(22-13)17-5-3-15(20)4-6-17/h3-8,16H,9-12,21H2,1-2H3/b8-7+. The van der Waals surface area contributed by atoms with Gasteiger partial charge in [-0.15, -0.1) is 0 Å². The molecule has 132 valence electrons. The number of halogens is 1. The Kier molecular flexibility index (Phi) is 4.99. The van der Waals surface area contributed by atoms with Gasteiger partial charge in [-0.25, -0.2) is 9.07 Å². The van der Waals surface area contributed by atoms with Crippen molar-refractivity contribution in [3.05, 3.63) is 53.1 Å². The van der Waals surface area contributed by atoms with Gasteiger partial charge in [0, 0.05) is 36.5 Å². The SMILES string of the molecule is Cc1nn(-c2ccc(F)cc2)c(C)c1/C=C/C(=O)N1CCC(N)CC1. The Morgan fingerprint density at radius 3 is 2.52 bits per heavy atom. The molecule has 5 nitrogen and oxygen atoms in total. The van der Waals surface area contributed by atoms with Gasteiger partial charge >= 0.3 is 0 Å². The van der Waals surface area contributed by atoms with Crippen LogP contribution in [0.25, 0.3) is 11.8 Å². The summed E-state index contributed by atoms with van der Waals surface area (Å²) in [7, 11) is 0. The molecule has 1 aromatic carbocycles. The lowest BCUT2D eigenvalue weighted by atomic mass is 10.1. The molecule has 0 atom stereocenters. The summed E-state index contributed by atoms with van der Waals surface area (Å²) in [5.74, 6) is -0.280. The molecule has 1 aliphatic heterocycles. The maximum atomic E-state index is 13.1. The Bertz CT molecular complexity index is 787. The highest BCUT2D eigenvalue weighted by Crippen LogP contribution is 2.20. The minimum atomic E-state index is -0.280. The second kappa shape index (κ2) is 7.19. The molecule has 0 spiro atoms. The summed E-state index contributed by atoms with van der Waals surface area (Å²) in [5.41, 5.74) is 9.31. The number of hydrogen-bond donors (Lipinski definition) is 1. The largest absolute Gasteiger partial charge is 0.339 e. The van der Waals surface area contributed by atoms with Crippen LogP contribution in [0.3, 0.4) is 0 Å². The van der Waals surface area contributed by atoms with Crippen molar-refractivity contribution in [1.82, 2.24) is 14.7 Å². The first-order chi connectivity index (χ1) is 12.0. The van der Waals surface area contributed by atoms with Gasteiger partial charge in [0.2, 0.25) is 5.91 Å². The van der Waals surface area contributed by atoms with Gasteiger partial charge in [-0.05, 0) is 57.0 Å². The van der Waals surface area contributed by atoms with Crippen molar-refractivity contribution in [1.29, 1.82) is 0 Å². The van der Waals surface area contributed by atoms with Gasteiger partial charge in [-0.2, -0.15) is 5.10 Å². The number of benzene rings is 1. The zero-order valence-corrected chi connectivity index (χ0v) is 14.6. The quantitative estimate of drug-likeness (QED) is 0.872. The van der Waals surface area contributed by atoms with Crippen molar-refractivity contribution < 1.29 is 9.18 Å².